The first kappa shape index (κ1) is 21.2. The number of carboxylic acid groups (broad SMARTS) is 1. The molecule has 0 bridgehead atoms. The van der Waals surface area contributed by atoms with Crippen LogP contribution >= 0.6 is 24.0 Å². The molecule has 1 N–H and O–H groups in total. The monoisotopic (exact) mass is 470 g/mol. The van der Waals surface area contributed by atoms with Crippen molar-refractivity contribution in [1.29, 1.82) is 0 Å². The predicted molar refractivity (Wildman–Crippen MR) is 137 cm³/mol. The quantitative estimate of drug-likeness (QED) is 0.295. The van der Waals surface area contributed by atoms with Crippen LogP contribution in [0.25, 0.3) is 17.0 Å². The Labute approximate surface area is 199 Å². The molecule has 0 spiro atoms. The number of hydrogen-bond acceptors (Lipinski definition) is 4. The Morgan fingerprint density at radius 1 is 1.00 bits per heavy atom. The maximum absolute atomic E-state index is 13.1. The summed E-state index contributed by atoms with van der Waals surface area (Å²) in [6.45, 7) is 0.514. The zero-order valence-electron chi connectivity index (χ0n) is 17.3. The summed E-state index contributed by atoms with van der Waals surface area (Å²) in [5.41, 5.74) is 3.81. The third-order valence-corrected chi connectivity index (χ3v) is 6.74. The highest BCUT2D eigenvalue weighted by atomic mass is 32.2. The van der Waals surface area contributed by atoms with Gasteiger partial charge in [0.2, 0.25) is 0 Å². The molecule has 0 saturated carbocycles. The topological polar surface area (TPSA) is 62.5 Å². The highest BCUT2D eigenvalue weighted by molar-refractivity contribution is 8.27. The average molecular weight is 471 g/mol. The normalized spacial score (nSPS) is 15.0. The zero-order valence-corrected chi connectivity index (χ0v) is 19.0. The molecule has 2 heterocycles. The molecule has 5 rings (SSSR count). The van der Waals surface area contributed by atoms with Crippen LogP contribution in [0, 0.1) is 0 Å². The maximum Gasteiger partial charge on any atom is 0.335 e. The summed E-state index contributed by atoms with van der Waals surface area (Å²) in [6, 6.07) is 24.3. The van der Waals surface area contributed by atoms with Gasteiger partial charge >= 0.3 is 5.97 Å². The molecular weight excluding hydrogens is 452 g/mol. The molecule has 1 saturated heterocycles. The first-order chi connectivity index (χ1) is 16.0. The van der Waals surface area contributed by atoms with Crippen LogP contribution in [0.4, 0.5) is 5.69 Å². The minimum atomic E-state index is -0.949. The van der Waals surface area contributed by atoms with E-state index >= 15 is 0 Å². The molecule has 1 aliphatic rings. The molecular formula is C26H18N2O3S2. The summed E-state index contributed by atoms with van der Waals surface area (Å²) >= 11 is 6.78. The molecule has 1 aliphatic heterocycles. The van der Waals surface area contributed by atoms with Gasteiger partial charge in [-0.3, -0.25) is 9.69 Å². The van der Waals surface area contributed by atoms with Crippen LogP contribution in [0.5, 0.6) is 0 Å². The number of benzene rings is 3. The largest absolute Gasteiger partial charge is 0.478 e. The number of thioether (sulfide) groups is 1. The van der Waals surface area contributed by atoms with Gasteiger partial charge in [-0.1, -0.05) is 72.5 Å². The van der Waals surface area contributed by atoms with Gasteiger partial charge in [-0.25, -0.2) is 4.79 Å². The Morgan fingerprint density at radius 3 is 2.55 bits per heavy atom. The third-order valence-electron chi connectivity index (χ3n) is 5.44. The molecule has 1 fully saturated rings. The Kier molecular flexibility index (Phi) is 5.58. The highest BCUT2D eigenvalue weighted by Crippen LogP contribution is 2.37. The first-order valence-corrected chi connectivity index (χ1v) is 11.5. The molecule has 33 heavy (non-hydrogen) atoms. The van der Waals surface area contributed by atoms with E-state index in [0.29, 0.717) is 15.8 Å². The average Bonchev–Trinajstić information content (AvgIpc) is 3.31. The lowest BCUT2D eigenvalue weighted by Crippen LogP contribution is -2.27. The fourth-order valence-corrected chi connectivity index (χ4v) is 5.22. The Morgan fingerprint density at radius 2 is 1.76 bits per heavy atom. The second kappa shape index (κ2) is 8.69. The summed E-state index contributed by atoms with van der Waals surface area (Å²) < 4.78 is 2.58. The van der Waals surface area contributed by atoms with E-state index in [9.17, 15) is 14.7 Å². The lowest BCUT2D eigenvalue weighted by Gasteiger charge is -2.13. The van der Waals surface area contributed by atoms with Gasteiger partial charge in [0, 0.05) is 29.2 Å². The Balaban J connectivity index is 1.52. The number of thiocarbonyl (C=S) groups is 1. The standard InChI is InChI=1S/C26H18N2O3S2/c29-24-23(33-26(32)28(24)20-9-2-1-3-10-20)14-19-16-27(22-12-5-4-11-21(19)22)15-17-7-6-8-18(13-17)25(30)31/h1-14,16H,15H2,(H,30,31)/b23-14+. The van der Waals surface area contributed by atoms with E-state index in [4.69, 9.17) is 12.2 Å². The van der Waals surface area contributed by atoms with Crippen molar-refractivity contribution >= 4 is 62.8 Å². The van der Waals surface area contributed by atoms with E-state index in [1.807, 2.05) is 72.9 Å². The molecule has 3 aromatic carbocycles. The van der Waals surface area contributed by atoms with Crippen molar-refractivity contribution in [2.24, 2.45) is 0 Å². The summed E-state index contributed by atoms with van der Waals surface area (Å²) in [5, 5.41) is 10.3. The smallest absolute Gasteiger partial charge is 0.335 e. The number of nitrogens with zero attached hydrogens (tertiary/aromatic N) is 2. The number of fused-ring (bicyclic) bond motifs is 1. The maximum atomic E-state index is 13.1. The van der Waals surface area contributed by atoms with Gasteiger partial charge in [0.25, 0.3) is 5.91 Å². The molecule has 4 aromatic rings. The molecule has 5 nitrogen and oxygen atoms in total. The summed E-state index contributed by atoms with van der Waals surface area (Å²) in [5.74, 6) is -1.09. The van der Waals surface area contributed by atoms with Gasteiger partial charge in [-0.15, -0.1) is 0 Å². The van der Waals surface area contributed by atoms with E-state index in [1.165, 1.54) is 11.8 Å². The van der Waals surface area contributed by atoms with Crippen molar-refractivity contribution < 1.29 is 14.7 Å². The van der Waals surface area contributed by atoms with Crippen molar-refractivity contribution in [2.45, 2.75) is 6.54 Å². The number of para-hydroxylation sites is 2. The number of aromatic nitrogens is 1. The number of carboxylic acids is 1. The van der Waals surface area contributed by atoms with E-state index in [0.717, 1.165) is 27.7 Å². The lowest BCUT2D eigenvalue weighted by molar-refractivity contribution is -0.113. The molecule has 7 heteroatoms. The number of hydrogen-bond donors (Lipinski definition) is 1. The number of rotatable bonds is 5. The van der Waals surface area contributed by atoms with Crippen LogP contribution in [0.15, 0.2) is 90.0 Å². The molecule has 0 atom stereocenters. The Hall–Kier alpha value is -3.68. The Bertz CT molecular complexity index is 1440. The van der Waals surface area contributed by atoms with Crippen LogP contribution in [-0.4, -0.2) is 25.9 Å². The van der Waals surface area contributed by atoms with Crippen molar-refractivity contribution in [3.63, 3.8) is 0 Å². The summed E-state index contributed by atoms with van der Waals surface area (Å²) in [7, 11) is 0. The van der Waals surface area contributed by atoms with E-state index < -0.39 is 5.97 Å². The van der Waals surface area contributed by atoms with Crippen LogP contribution in [0.3, 0.4) is 0 Å². The second-order valence-electron chi connectivity index (χ2n) is 7.59. The summed E-state index contributed by atoms with van der Waals surface area (Å²) in [4.78, 5) is 26.6. The number of carbonyl (C=O) groups is 2. The van der Waals surface area contributed by atoms with Gasteiger partial charge < -0.3 is 9.67 Å². The number of anilines is 1. The van der Waals surface area contributed by atoms with Gasteiger partial charge in [0.15, 0.2) is 4.32 Å². The van der Waals surface area contributed by atoms with Crippen LogP contribution < -0.4 is 4.90 Å². The summed E-state index contributed by atoms with van der Waals surface area (Å²) in [6.07, 6.45) is 3.88. The fourth-order valence-electron chi connectivity index (χ4n) is 3.93. The van der Waals surface area contributed by atoms with Crippen LogP contribution in [0.1, 0.15) is 21.5 Å². The van der Waals surface area contributed by atoms with E-state index in [1.54, 1.807) is 23.1 Å². The minimum absolute atomic E-state index is 0.137. The molecule has 1 amide bonds. The van der Waals surface area contributed by atoms with Gasteiger partial charge in [-0.05, 0) is 42.0 Å². The van der Waals surface area contributed by atoms with E-state index in [2.05, 4.69) is 4.57 Å². The van der Waals surface area contributed by atoms with E-state index in [-0.39, 0.29) is 11.5 Å². The highest BCUT2D eigenvalue weighted by Gasteiger charge is 2.33. The fraction of sp³-hybridized carbons (Fsp3) is 0.0385. The second-order valence-corrected chi connectivity index (χ2v) is 9.26. The van der Waals surface area contributed by atoms with Gasteiger partial charge in [0.1, 0.15) is 0 Å². The molecule has 162 valence electrons. The van der Waals surface area contributed by atoms with Gasteiger partial charge in [-0.2, -0.15) is 0 Å². The zero-order chi connectivity index (χ0) is 22.9. The molecule has 0 aliphatic carbocycles. The third kappa shape index (κ3) is 4.08. The first-order valence-electron chi connectivity index (χ1n) is 10.2. The van der Waals surface area contributed by atoms with Crippen LogP contribution in [0.2, 0.25) is 0 Å². The van der Waals surface area contributed by atoms with Crippen molar-refractivity contribution in [1.82, 2.24) is 4.57 Å². The predicted octanol–water partition coefficient (Wildman–Crippen LogP) is 5.79. The van der Waals surface area contributed by atoms with Crippen LogP contribution in [-0.2, 0) is 11.3 Å². The van der Waals surface area contributed by atoms with Crippen molar-refractivity contribution in [3.05, 3.63) is 107 Å². The minimum Gasteiger partial charge on any atom is -0.478 e. The van der Waals surface area contributed by atoms with Crippen molar-refractivity contribution in [2.75, 3.05) is 4.90 Å². The molecule has 0 unspecified atom stereocenters. The lowest BCUT2D eigenvalue weighted by atomic mass is 10.1. The molecule has 0 radical (unpaired) electrons. The SMILES string of the molecule is O=C(O)c1cccc(Cn2cc(/C=C3/SC(=S)N(c4ccccc4)C3=O)c3ccccc32)c1. The van der Waals surface area contributed by atoms with Crippen molar-refractivity contribution in [3.8, 4) is 0 Å². The van der Waals surface area contributed by atoms with Gasteiger partial charge in [0.05, 0.1) is 16.2 Å². The number of carbonyl (C=O) groups excluding carboxylic acids is 1. The molecule has 1 aromatic heterocycles. The number of amides is 1. The number of aromatic carboxylic acids is 1.